The number of ether oxygens (including phenoxy) is 1. The molecule has 94 valence electrons. The molecule has 17 heavy (non-hydrogen) atoms. The Morgan fingerprint density at radius 3 is 2.82 bits per heavy atom. The van der Waals surface area contributed by atoms with Gasteiger partial charge < -0.3 is 10.1 Å². The minimum atomic E-state index is 0.750. The molecule has 2 heteroatoms. The lowest BCUT2D eigenvalue weighted by Crippen LogP contribution is -2.30. The first-order valence-electron chi connectivity index (χ1n) is 6.68. The van der Waals surface area contributed by atoms with E-state index in [-0.39, 0.29) is 0 Å². The van der Waals surface area contributed by atoms with Crippen molar-refractivity contribution in [2.45, 2.75) is 32.8 Å². The van der Waals surface area contributed by atoms with Crippen LogP contribution < -0.4 is 5.32 Å². The van der Waals surface area contributed by atoms with Crippen LogP contribution in [0.1, 0.15) is 30.4 Å². The molecule has 1 aliphatic heterocycles. The summed E-state index contributed by atoms with van der Waals surface area (Å²) in [5.41, 5.74) is 2.58. The van der Waals surface area contributed by atoms with Gasteiger partial charge in [0.2, 0.25) is 0 Å². The Kier molecular flexibility index (Phi) is 5.02. The second-order valence-corrected chi connectivity index (χ2v) is 5.04. The fourth-order valence-corrected chi connectivity index (χ4v) is 2.29. The van der Waals surface area contributed by atoms with Crippen LogP contribution in [-0.4, -0.2) is 19.7 Å². The Labute approximate surface area is 104 Å². The van der Waals surface area contributed by atoms with E-state index in [1.807, 2.05) is 0 Å². The molecule has 0 bridgehead atoms. The Hall–Kier alpha value is -0.860. The smallest absolute Gasteiger partial charge is 0.0716 e. The highest BCUT2D eigenvalue weighted by molar-refractivity contribution is 5.20. The lowest BCUT2D eigenvalue weighted by molar-refractivity contribution is 0.103. The molecule has 0 aromatic heterocycles. The lowest BCUT2D eigenvalue weighted by Gasteiger charge is -2.22. The van der Waals surface area contributed by atoms with E-state index in [9.17, 15) is 0 Å². The van der Waals surface area contributed by atoms with Crippen molar-refractivity contribution >= 4 is 0 Å². The van der Waals surface area contributed by atoms with Gasteiger partial charge in [-0.3, -0.25) is 0 Å². The van der Waals surface area contributed by atoms with E-state index in [0.717, 1.165) is 19.1 Å². The Balaban J connectivity index is 1.60. The summed E-state index contributed by atoms with van der Waals surface area (Å²) in [6, 6.07) is 8.59. The summed E-state index contributed by atoms with van der Waals surface area (Å²) >= 11 is 0. The van der Waals surface area contributed by atoms with E-state index in [1.54, 1.807) is 0 Å². The molecule has 1 heterocycles. The highest BCUT2D eigenvalue weighted by Gasteiger charge is 2.12. The topological polar surface area (TPSA) is 21.3 Å². The van der Waals surface area contributed by atoms with Crippen molar-refractivity contribution in [1.29, 1.82) is 0 Å². The summed E-state index contributed by atoms with van der Waals surface area (Å²) in [4.78, 5) is 0. The van der Waals surface area contributed by atoms with E-state index < -0.39 is 0 Å². The van der Waals surface area contributed by atoms with Crippen molar-refractivity contribution in [3.05, 3.63) is 35.4 Å². The predicted octanol–water partition coefficient (Wildman–Crippen LogP) is 2.90. The summed E-state index contributed by atoms with van der Waals surface area (Å²) in [6.45, 7) is 6.12. The summed E-state index contributed by atoms with van der Waals surface area (Å²) in [5.74, 6) is 0.821. The first-order chi connectivity index (χ1) is 8.34. The van der Waals surface area contributed by atoms with Crippen molar-refractivity contribution in [1.82, 2.24) is 5.32 Å². The molecule has 1 aliphatic rings. The number of rotatable bonds is 5. The van der Waals surface area contributed by atoms with Crippen LogP contribution in [0, 0.1) is 12.8 Å². The fourth-order valence-electron chi connectivity index (χ4n) is 2.29. The standard InChI is InChI=1S/C15H23NO/c1-13-4-6-15(7-5-13)12-17-10-8-14-3-2-9-16-11-14/h4-7,14,16H,2-3,8-12H2,1H3/t14-/m0/s1. The minimum Gasteiger partial charge on any atom is -0.377 e. The summed E-state index contributed by atoms with van der Waals surface area (Å²) < 4.78 is 5.73. The third kappa shape index (κ3) is 4.49. The second kappa shape index (κ2) is 6.77. The van der Waals surface area contributed by atoms with Gasteiger partial charge in [0.25, 0.3) is 0 Å². The normalized spacial score (nSPS) is 20.4. The third-order valence-corrected chi connectivity index (χ3v) is 3.46. The number of hydrogen-bond donors (Lipinski definition) is 1. The summed E-state index contributed by atoms with van der Waals surface area (Å²) in [7, 11) is 0. The molecule has 2 rings (SSSR count). The van der Waals surface area contributed by atoms with Crippen molar-refractivity contribution < 1.29 is 4.74 Å². The van der Waals surface area contributed by atoms with Gasteiger partial charge >= 0.3 is 0 Å². The molecule has 1 fully saturated rings. The monoisotopic (exact) mass is 233 g/mol. The maximum Gasteiger partial charge on any atom is 0.0716 e. The van der Waals surface area contributed by atoms with Gasteiger partial charge in [0, 0.05) is 6.61 Å². The Morgan fingerprint density at radius 1 is 1.29 bits per heavy atom. The van der Waals surface area contributed by atoms with Crippen molar-refractivity contribution in [3.63, 3.8) is 0 Å². The van der Waals surface area contributed by atoms with Crippen LogP contribution in [0.3, 0.4) is 0 Å². The molecule has 0 saturated carbocycles. The van der Waals surface area contributed by atoms with E-state index in [0.29, 0.717) is 0 Å². The first-order valence-corrected chi connectivity index (χ1v) is 6.68. The van der Waals surface area contributed by atoms with Gasteiger partial charge in [-0.1, -0.05) is 29.8 Å². The average Bonchev–Trinajstić information content (AvgIpc) is 2.38. The highest BCUT2D eigenvalue weighted by atomic mass is 16.5. The second-order valence-electron chi connectivity index (χ2n) is 5.04. The molecule has 1 aromatic rings. The molecule has 0 amide bonds. The van der Waals surface area contributed by atoms with E-state index in [1.165, 1.54) is 43.5 Å². The van der Waals surface area contributed by atoms with Gasteiger partial charge in [-0.05, 0) is 50.8 Å². The zero-order valence-electron chi connectivity index (χ0n) is 10.7. The van der Waals surface area contributed by atoms with E-state index >= 15 is 0 Å². The molecule has 1 saturated heterocycles. The van der Waals surface area contributed by atoms with Crippen LogP contribution in [-0.2, 0) is 11.3 Å². The van der Waals surface area contributed by atoms with Gasteiger partial charge in [-0.25, -0.2) is 0 Å². The zero-order valence-corrected chi connectivity index (χ0v) is 10.7. The quantitative estimate of drug-likeness (QED) is 0.790. The minimum absolute atomic E-state index is 0.750. The third-order valence-electron chi connectivity index (χ3n) is 3.46. The molecule has 0 spiro atoms. The number of piperidine rings is 1. The number of aryl methyl sites for hydroxylation is 1. The zero-order chi connectivity index (χ0) is 11.9. The van der Waals surface area contributed by atoms with Crippen LogP contribution in [0.2, 0.25) is 0 Å². The van der Waals surface area contributed by atoms with Crippen LogP contribution in [0.25, 0.3) is 0 Å². The van der Waals surface area contributed by atoms with Crippen molar-refractivity contribution in [2.75, 3.05) is 19.7 Å². The van der Waals surface area contributed by atoms with Crippen LogP contribution in [0.5, 0.6) is 0 Å². The van der Waals surface area contributed by atoms with Gasteiger partial charge in [0.1, 0.15) is 0 Å². The molecule has 0 unspecified atom stereocenters. The first kappa shape index (κ1) is 12.6. The predicted molar refractivity (Wildman–Crippen MR) is 71.0 cm³/mol. The maximum atomic E-state index is 5.73. The van der Waals surface area contributed by atoms with Gasteiger partial charge in [-0.15, -0.1) is 0 Å². The lowest BCUT2D eigenvalue weighted by atomic mass is 9.97. The van der Waals surface area contributed by atoms with E-state index in [4.69, 9.17) is 4.74 Å². The average molecular weight is 233 g/mol. The van der Waals surface area contributed by atoms with Crippen LogP contribution in [0.4, 0.5) is 0 Å². The molecule has 1 N–H and O–H groups in total. The molecule has 1 aromatic carbocycles. The highest BCUT2D eigenvalue weighted by Crippen LogP contribution is 2.14. The van der Waals surface area contributed by atoms with E-state index in [2.05, 4.69) is 36.5 Å². The molecule has 0 radical (unpaired) electrons. The summed E-state index contributed by atoms with van der Waals surface area (Å²) in [5, 5.41) is 3.44. The molecular formula is C15H23NO. The Bertz CT molecular complexity index is 314. The molecule has 0 aliphatic carbocycles. The Morgan fingerprint density at radius 2 is 2.12 bits per heavy atom. The largest absolute Gasteiger partial charge is 0.377 e. The molecule has 2 nitrogen and oxygen atoms in total. The summed E-state index contributed by atoms with van der Waals surface area (Å²) in [6.07, 6.45) is 3.88. The van der Waals surface area contributed by atoms with Gasteiger partial charge in [0.05, 0.1) is 6.61 Å². The molecular weight excluding hydrogens is 210 g/mol. The van der Waals surface area contributed by atoms with Crippen molar-refractivity contribution in [2.24, 2.45) is 5.92 Å². The SMILES string of the molecule is Cc1ccc(COCC[C@@H]2CCCNC2)cc1. The maximum absolute atomic E-state index is 5.73. The van der Waals surface area contributed by atoms with Crippen molar-refractivity contribution in [3.8, 4) is 0 Å². The fraction of sp³-hybridized carbons (Fsp3) is 0.600. The number of hydrogen-bond acceptors (Lipinski definition) is 2. The van der Waals surface area contributed by atoms with Gasteiger partial charge in [0.15, 0.2) is 0 Å². The van der Waals surface area contributed by atoms with Crippen LogP contribution >= 0.6 is 0 Å². The number of benzene rings is 1. The van der Waals surface area contributed by atoms with Crippen LogP contribution in [0.15, 0.2) is 24.3 Å². The van der Waals surface area contributed by atoms with Gasteiger partial charge in [-0.2, -0.15) is 0 Å². The molecule has 1 atom stereocenters. The number of nitrogens with one attached hydrogen (secondary N) is 1.